The number of hydrogen-bond acceptors (Lipinski definition) is 3. The van der Waals surface area contributed by atoms with Crippen molar-refractivity contribution in [1.29, 1.82) is 0 Å². The Kier molecular flexibility index (Phi) is 3.72. The molecule has 0 fully saturated rings. The second kappa shape index (κ2) is 5.47. The molecule has 0 atom stereocenters. The molecule has 0 aliphatic heterocycles. The zero-order chi connectivity index (χ0) is 11.2. The number of aldehydes is 1. The maximum absolute atomic E-state index is 10.8. The molecule has 1 aromatic heterocycles. The Morgan fingerprint density at radius 3 is 2.69 bits per heavy atom. The van der Waals surface area contributed by atoms with Crippen molar-refractivity contribution in [2.45, 2.75) is 10.6 Å². The number of benzene rings is 1. The van der Waals surface area contributed by atoms with Crippen LogP contribution in [0.4, 0.5) is 0 Å². The van der Waals surface area contributed by atoms with E-state index in [0.29, 0.717) is 5.69 Å². The van der Waals surface area contributed by atoms with Crippen LogP contribution in [0.3, 0.4) is 0 Å². The molecule has 0 radical (unpaired) electrons. The van der Waals surface area contributed by atoms with Crippen LogP contribution in [0, 0.1) is 0 Å². The standard InChI is InChI=1S/C13H11NOS/c15-9-12-13(7-4-8-14-12)16-10-11-5-2-1-3-6-11/h1-9H,10H2. The lowest BCUT2D eigenvalue weighted by atomic mass is 10.2. The number of carbonyl (C=O) groups is 1. The van der Waals surface area contributed by atoms with E-state index in [4.69, 9.17) is 0 Å². The van der Waals surface area contributed by atoms with Gasteiger partial charge in [0.2, 0.25) is 0 Å². The van der Waals surface area contributed by atoms with Crippen molar-refractivity contribution in [3.05, 3.63) is 59.9 Å². The molecule has 2 rings (SSSR count). The molecule has 1 heterocycles. The third kappa shape index (κ3) is 2.70. The van der Waals surface area contributed by atoms with E-state index in [1.54, 1.807) is 18.0 Å². The monoisotopic (exact) mass is 229 g/mol. The highest BCUT2D eigenvalue weighted by molar-refractivity contribution is 7.98. The number of hydrogen-bond donors (Lipinski definition) is 0. The van der Waals surface area contributed by atoms with Crippen LogP contribution in [0.15, 0.2) is 53.6 Å². The van der Waals surface area contributed by atoms with Crippen LogP contribution in [0.1, 0.15) is 16.1 Å². The quantitative estimate of drug-likeness (QED) is 0.595. The van der Waals surface area contributed by atoms with E-state index in [-0.39, 0.29) is 0 Å². The van der Waals surface area contributed by atoms with Gasteiger partial charge in [-0.05, 0) is 17.7 Å². The van der Waals surface area contributed by atoms with Crippen molar-refractivity contribution in [1.82, 2.24) is 4.98 Å². The number of thioether (sulfide) groups is 1. The number of carbonyl (C=O) groups excluding carboxylic acids is 1. The van der Waals surface area contributed by atoms with Gasteiger partial charge in [-0.3, -0.25) is 9.78 Å². The fourth-order valence-corrected chi connectivity index (χ4v) is 2.29. The Morgan fingerprint density at radius 1 is 1.12 bits per heavy atom. The van der Waals surface area contributed by atoms with Crippen molar-refractivity contribution in [3.63, 3.8) is 0 Å². The highest BCUT2D eigenvalue weighted by Gasteiger charge is 2.02. The van der Waals surface area contributed by atoms with Gasteiger partial charge < -0.3 is 0 Å². The predicted octanol–water partition coefficient (Wildman–Crippen LogP) is 3.19. The van der Waals surface area contributed by atoms with E-state index in [1.807, 2.05) is 30.3 Å². The van der Waals surface area contributed by atoms with Gasteiger partial charge in [0.05, 0.1) is 0 Å². The second-order valence-electron chi connectivity index (χ2n) is 3.28. The summed E-state index contributed by atoms with van der Waals surface area (Å²) in [5.74, 6) is 0.855. The molecule has 16 heavy (non-hydrogen) atoms. The average molecular weight is 229 g/mol. The van der Waals surface area contributed by atoms with Crippen LogP contribution in [0.25, 0.3) is 0 Å². The minimum Gasteiger partial charge on any atom is -0.296 e. The summed E-state index contributed by atoms with van der Waals surface area (Å²) in [4.78, 5) is 15.7. The van der Waals surface area contributed by atoms with Crippen LogP contribution in [-0.2, 0) is 5.75 Å². The molecule has 2 nitrogen and oxygen atoms in total. The highest BCUT2D eigenvalue weighted by Crippen LogP contribution is 2.23. The van der Waals surface area contributed by atoms with E-state index in [1.165, 1.54) is 5.56 Å². The van der Waals surface area contributed by atoms with Crippen LogP contribution >= 0.6 is 11.8 Å². The SMILES string of the molecule is O=Cc1ncccc1SCc1ccccc1. The molecule has 0 aliphatic carbocycles. The molecule has 3 heteroatoms. The van der Waals surface area contributed by atoms with Crippen molar-refractivity contribution >= 4 is 18.0 Å². The van der Waals surface area contributed by atoms with Crippen molar-refractivity contribution < 1.29 is 4.79 Å². The zero-order valence-corrected chi connectivity index (χ0v) is 9.48. The Morgan fingerprint density at radius 2 is 1.94 bits per heavy atom. The molecule has 0 aliphatic rings. The first kappa shape index (κ1) is 10.9. The first-order valence-corrected chi connectivity index (χ1v) is 5.95. The van der Waals surface area contributed by atoms with Gasteiger partial charge in [0.25, 0.3) is 0 Å². The smallest absolute Gasteiger partial charge is 0.169 e. The van der Waals surface area contributed by atoms with Crippen LogP contribution in [0.2, 0.25) is 0 Å². The lowest BCUT2D eigenvalue weighted by Crippen LogP contribution is -1.89. The second-order valence-corrected chi connectivity index (χ2v) is 4.30. The van der Waals surface area contributed by atoms with Gasteiger partial charge in [0.15, 0.2) is 6.29 Å². The predicted molar refractivity (Wildman–Crippen MR) is 65.6 cm³/mol. The third-order valence-corrected chi connectivity index (χ3v) is 3.28. The highest BCUT2D eigenvalue weighted by atomic mass is 32.2. The van der Waals surface area contributed by atoms with Gasteiger partial charge in [-0.15, -0.1) is 11.8 Å². The molecule has 0 amide bonds. The first-order chi connectivity index (χ1) is 7.90. The van der Waals surface area contributed by atoms with Gasteiger partial charge in [-0.2, -0.15) is 0 Å². The van der Waals surface area contributed by atoms with Crippen molar-refractivity contribution in [2.24, 2.45) is 0 Å². The minimum atomic E-state index is 0.517. The first-order valence-electron chi connectivity index (χ1n) is 4.97. The summed E-state index contributed by atoms with van der Waals surface area (Å²) in [6.07, 6.45) is 2.43. The normalized spacial score (nSPS) is 10.0. The molecule has 0 unspecified atom stereocenters. The van der Waals surface area contributed by atoms with E-state index in [9.17, 15) is 4.79 Å². The molecule has 0 saturated heterocycles. The fraction of sp³-hybridized carbons (Fsp3) is 0.0769. The molecule has 0 bridgehead atoms. The summed E-state index contributed by atoms with van der Waals surface area (Å²) in [6.45, 7) is 0. The lowest BCUT2D eigenvalue weighted by molar-refractivity contribution is 0.111. The van der Waals surface area contributed by atoms with Gasteiger partial charge in [-0.25, -0.2) is 0 Å². The molecule has 2 aromatic rings. The van der Waals surface area contributed by atoms with Crippen molar-refractivity contribution in [3.8, 4) is 0 Å². The van der Waals surface area contributed by atoms with Crippen molar-refractivity contribution in [2.75, 3.05) is 0 Å². The summed E-state index contributed by atoms with van der Waals surface area (Å²) < 4.78 is 0. The lowest BCUT2D eigenvalue weighted by Gasteiger charge is -2.03. The number of nitrogens with zero attached hydrogens (tertiary/aromatic N) is 1. The van der Waals surface area contributed by atoms with Crippen LogP contribution in [0.5, 0.6) is 0 Å². The average Bonchev–Trinajstić information content (AvgIpc) is 2.38. The molecule has 80 valence electrons. The number of aromatic nitrogens is 1. The summed E-state index contributed by atoms with van der Waals surface area (Å²) in [6, 6.07) is 13.9. The van der Waals surface area contributed by atoms with E-state index in [0.717, 1.165) is 16.9 Å². The molecular weight excluding hydrogens is 218 g/mol. The van der Waals surface area contributed by atoms with Crippen LogP contribution < -0.4 is 0 Å². The van der Waals surface area contributed by atoms with Gasteiger partial charge in [-0.1, -0.05) is 30.3 Å². The molecule has 1 aromatic carbocycles. The fourth-order valence-electron chi connectivity index (χ4n) is 1.35. The minimum absolute atomic E-state index is 0.517. The third-order valence-electron chi connectivity index (χ3n) is 2.15. The maximum Gasteiger partial charge on any atom is 0.169 e. The summed E-state index contributed by atoms with van der Waals surface area (Å²) in [5.41, 5.74) is 1.76. The molecule has 0 saturated carbocycles. The van der Waals surface area contributed by atoms with Gasteiger partial charge in [0.1, 0.15) is 5.69 Å². The number of rotatable bonds is 4. The topological polar surface area (TPSA) is 30.0 Å². The maximum atomic E-state index is 10.8. The van der Waals surface area contributed by atoms with Crippen LogP contribution in [-0.4, -0.2) is 11.3 Å². The molecular formula is C13H11NOS. The van der Waals surface area contributed by atoms with Gasteiger partial charge >= 0.3 is 0 Å². The molecule has 0 spiro atoms. The largest absolute Gasteiger partial charge is 0.296 e. The Labute approximate surface area is 98.7 Å². The van der Waals surface area contributed by atoms with Gasteiger partial charge in [0, 0.05) is 16.8 Å². The number of pyridine rings is 1. The van der Waals surface area contributed by atoms with E-state index in [2.05, 4.69) is 17.1 Å². The zero-order valence-electron chi connectivity index (χ0n) is 8.67. The van der Waals surface area contributed by atoms with E-state index < -0.39 is 0 Å². The summed E-state index contributed by atoms with van der Waals surface area (Å²) in [5, 5.41) is 0. The van der Waals surface area contributed by atoms with E-state index >= 15 is 0 Å². The summed E-state index contributed by atoms with van der Waals surface area (Å²) in [7, 11) is 0. The Bertz CT molecular complexity index is 470. The summed E-state index contributed by atoms with van der Waals surface area (Å²) >= 11 is 1.63. The Balaban J connectivity index is 2.08. The molecule has 0 N–H and O–H groups in total. The Hall–Kier alpha value is -1.61.